The Morgan fingerprint density at radius 3 is 2.75 bits per heavy atom. The van der Waals surface area contributed by atoms with E-state index in [1.807, 2.05) is 0 Å². The Labute approximate surface area is 57.2 Å². The molecule has 0 radical (unpaired) electrons. The van der Waals surface area contributed by atoms with Gasteiger partial charge in [-0.05, 0) is 22.6 Å². The standard InChI is InChI=1S/C5H7BrN2/c1-7-3-5(6)4-8-2/h3-4H,1H2,2H3/b5-3+,8-4-. The second-order valence-electron chi connectivity index (χ2n) is 1.08. The van der Waals surface area contributed by atoms with Crippen molar-refractivity contribution in [3.63, 3.8) is 0 Å². The molecule has 44 valence electrons. The lowest BCUT2D eigenvalue weighted by atomic mass is 10.7. The zero-order valence-electron chi connectivity index (χ0n) is 4.63. The summed E-state index contributed by atoms with van der Waals surface area (Å²) < 4.78 is 0.829. The monoisotopic (exact) mass is 174 g/mol. The zero-order chi connectivity index (χ0) is 6.41. The predicted molar refractivity (Wildman–Crippen MR) is 41.0 cm³/mol. The SMILES string of the molecule is C=N/C=C(Br)\C=N/C. The molecular weight excluding hydrogens is 168 g/mol. The fourth-order valence-corrected chi connectivity index (χ4v) is 0.593. The average molecular weight is 175 g/mol. The van der Waals surface area contributed by atoms with E-state index < -0.39 is 0 Å². The van der Waals surface area contributed by atoms with Gasteiger partial charge in [0.15, 0.2) is 0 Å². The molecule has 0 aliphatic heterocycles. The summed E-state index contributed by atoms with van der Waals surface area (Å²) in [5, 5.41) is 0. The summed E-state index contributed by atoms with van der Waals surface area (Å²) in [7, 11) is 1.69. The maximum Gasteiger partial charge on any atom is 0.0536 e. The quantitative estimate of drug-likeness (QED) is 0.569. The Morgan fingerprint density at radius 2 is 2.38 bits per heavy atom. The van der Waals surface area contributed by atoms with Crippen LogP contribution in [0.1, 0.15) is 0 Å². The van der Waals surface area contributed by atoms with Crippen LogP contribution in [0.5, 0.6) is 0 Å². The van der Waals surface area contributed by atoms with Crippen LogP contribution in [0.4, 0.5) is 0 Å². The summed E-state index contributed by atoms with van der Waals surface area (Å²) in [6, 6.07) is 0. The van der Waals surface area contributed by atoms with Crippen LogP contribution in [0.2, 0.25) is 0 Å². The highest BCUT2D eigenvalue weighted by Gasteiger charge is 1.77. The third kappa shape index (κ3) is 3.74. The van der Waals surface area contributed by atoms with Crippen LogP contribution in [-0.2, 0) is 0 Å². The number of aliphatic imine (C=N–C) groups is 2. The number of hydrogen-bond acceptors (Lipinski definition) is 2. The van der Waals surface area contributed by atoms with Gasteiger partial charge in [-0.3, -0.25) is 9.98 Å². The van der Waals surface area contributed by atoms with E-state index in [0.717, 1.165) is 4.48 Å². The average Bonchev–Trinajstić information content (AvgIpc) is 1.68. The van der Waals surface area contributed by atoms with Gasteiger partial charge >= 0.3 is 0 Å². The van der Waals surface area contributed by atoms with E-state index >= 15 is 0 Å². The van der Waals surface area contributed by atoms with Gasteiger partial charge in [0, 0.05) is 19.5 Å². The fourth-order valence-electron chi connectivity index (χ4n) is 0.244. The minimum atomic E-state index is 0.829. The number of nitrogens with zero attached hydrogens (tertiary/aromatic N) is 2. The molecular formula is C5H7BrN2. The largest absolute Gasteiger partial charge is 0.295 e. The third-order valence-corrected chi connectivity index (χ3v) is 0.877. The second kappa shape index (κ2) is 4.71. The lowest BCUT2D eigenvalue weighted by Crippen LogP contribution is -1.68. The summed E-state index contributed by atoms with van der Waals surface area (Å²) in [5.74, 6) is 0. The molecule has 0 saturated carbocycles. The van der Waals surface area contributed by atoms with Crippen molar-refractivity contribution in [2.24, 2.45) is 9.98 Å². The van der Waals surface area contributed by atoms with E-state index in [-0.39, 0.29) is 0 Å². The summed E-state index contributed by atoms with van der Waals surface area (Å²) in [4.78, 5) is 7.23. The maximum absolute atomic E-state index is 3.73. The Hall–Kier alpha value is -0.440. The van der Waals surface area contributed by atoms with E-state index in [1.165, 1.54) is 0 Å². The van der Waals surface area contributed by atoms with Crippen LogP contribution < -0.4 is 0 Å². The van der Waals surface area contributed by atoms with Crippen LogP contribution in [0, 0.1) is 0 Å². The second-order valence-corrected chi connectivity index (χ2v) is 2.00. The van der Waals surface area contributed by atoms with Gasteiger partial charge in [0.05, 0.1) is 4.48 Å². The van der Waals surface area contributed by atoms with Gasteiger partial charge in [0.25, 0.3) is 0 Å². The van der Waals surface area contributed by atoms with Gasteiger partial charge in [0.1, 0.15) is 0 Å². The number of rotatable bonds is 2. The van der Waals surface area contributed by atoms with Crippen LogP contribution in [0.3, 0.4) is 0 Å². The molecule has 3 heteroatoms. The van der Waals surface area contributed by atoms with Gasteiger partial charge in [-0.15, -0.1) is 0 Å². The Morgan fingerprint density at radius 1 is 1.75 bits per heavy atom. The topological polar surface area (TPSA) is 24.7 Å². The van der Waals surface area contributed by atoms with Crippen molar-refractivity contribution >= 4 is 28.9 Å². The Kier molecular flexibility index (Phi) is 4.45. The highest BCUT2D eigenvalue weighted by Crippen LogP contribution is 1.99. The summed E-state index contributed by atoms with van der Waals surface area (Å²) in [5.41, 5.74) is 0. The molecule has 0 bridgehead atoms. The molecule has 0 fully saturated rings. The summed E-state index contributed by atoms with van der Waals surface area (Å²) >= 11 is 3.18. The molecule has 0 aromatic rings. The van der Waals surface area contributed by atoms with E-state index in [2.05, 4.69) is 32.6 Å². The Bertz CT molecular complexity index is 126. The molecule has 0 aromatic carbocycles. The van der Waals surface area contributed by atoms with Crippen molar-refractivity contribution in [1.29, 1.82) is 0 Å². The molecule has 0 aliphatic carbocycles. The number of hydrogen-bond donors (Lipinski definition) is 0. The van der Waals surface area contributed by atoms with Crippen molar-refractivity contribution in [1.82, 2.24) is 0 Å². The molecule has 2 nitrogen and oxygen atoms in total. The number of allylic oxidation sites excluding steroid dienone is 1. The van der Waals surface area contributed by atoms with Gasteiger partial charge in [0.2, 0.25) is 0 Å². The molecule has 0 heterocycles. The first-order chi connectivity index (χ1) is 3.81. The van der Waals surface area contributed by atoms with E-state index in [4.69, 9.17) is 0 Å². The summed E-state index contributed by atoms with van der Waals surface area (Å²) in [6.45, 7) is 3.26. The molecule has 0 amide bonds. The zero-order valence-corrected chi connectivity index (χ0v) is 6.22. The molecule has 0 unspecified atom stereocenters. The normalized spacial score (nSPS) is 12.5. The van der Waals surface area contributed by atoms with Crippen molar-refractivity contribution in [2.75, 3.05) is 7.05 Å². The van der Waals surface area contributed by atoms with E-state index in [0.29, 0.717) is 0 Å². The molecule has 0 saturated heterocycles. The highest BCUT2D eigenvalue weighted by atomic mass is 79.9. The third-order valence-electron chi connectivity index (χ3n) is 0.467. The fraction of sp³-hybridized carbons (Fsp3) is 0.200. The lowest BCUT2D eigenvalue weighted by Gasteiger charge is -1.79. The van der Waals surface area contributed by atoms with Gasteiger partial charge in [-0.2, -0.15) is 0 Å². The smallest absolute Gasteiger partial charge is 0.0536 e. The first kappa shape index (κ1) is 7.56. The van der Waals surface area contributed by atoms with Gasteiger partial charge in [-0.25, -0.2) is 0 Å². The van der Waals surface area contributed by atoms with Gasteiger partial charge in [-0.1, -0.05) is 0 Å². The molecule has 0 aromatic heterocycles. The number of halogens is 1. The first-order valence-electron chi connectivity index (χ1n) is 2.05. The minimum Gasteiger partial charge on any atom is -0.295 e. The first-order valence-corrected chi connectivity index (χ1v) is 2.84. The predicted octanol–water partition coefficient (Wildman–Crippen LogP) is 1.62. The van der Waals surface area contributed by atoms with E-state index in [1.54, 1.807) is 19.5 Å². The Balaban J connectivity index is 3.79. The van der Waals surface area contributed by atoms with Gasteiger partial charge < -0.3 is 0 Å². The lowest BCUT2D eigenvalue weighted by molar-refractivity contribution is 1.47. The highest BCUT2D eigenvalue weighted by molar-refractivity contribution is 9.12. The molecule has 0 rings (SSSR count). The van der Waals surface area contributed by atoms with Crippen LogP contribution in [0.15, 0.2) is 20.7 Å². The van der Waals surface area contributed by atoms with Crippen molar-refractivity contribution < 1.29 is 0 Å². The van der Waals surface area contributed by atoms with Crippen molar-refractivity contribution in [2.45, 2.75) is 0 Å². The summed E-state index contributed by atoms with van der Waals surface area (Å²) in [6.07, 6.45) is 3.22. The molecule has 0 atom stereocenters. The van der Waals surface area contributed by atoms with Crippen molar-refractivity contribution in [3.05, 3.63) is 10.7 Å². The van der Waals surface area contributed by atoms with E-state index in [9.17, 15) is 0 Å². The molecule has 0 spiro atoms. The van der Waals surface area contributed by atoms with Crippen LogP contribution >= 0.6 is 15.9 Å². The van der Waals surface area contributed by atoms with Crippen LogP contribution in [-0.4, -0.2) is 20.0 Å². The molecule has 0 aliphatic rings. The minimum absolute atomic E-state index is 0.829. The maximum atomic E-state index is 3.73. The molecule has 8 heavy (non-hydrogen) atoms. The van der Waals surface area contributed by atoms with Crippen molar-refractivity contribution in [3.8, 4) is 0 Å². The molecule has 0 N–H and O–H groups in total. The van der Waals surface area contributed by atoms with Crippen LogP contribution in [0.25, 0.3) is 0 Å².